The maximum Gasteiger partial charge on any atom is 0.287 e. The van der Waals surface area contributed by atoms with Crippen molar-refractivity contribution in [1.82, 2.24) is 15.6 Å². The van der Waals surface area contributed by atoms with Crippen LogP contribution in [0.1, 0.15) is 11.1 Å². The van der Waals surface area contributed by atoms with E-state index in [9.17, 15) is 4.91 Å². The number of hydrogen-bond donors (Lipinski definition) is 2. The molecule has 26 heavy (non-hydrogen) atoms. The lowest BCUT2D eigenvalue weighted by Gasteiger charge is -2.17. The summed E-state index contributed by atoms with van der Waals surface area (Å²) < 4.78 is 0. The van der Waals surface area contributed by atoms with Crippen LogP contribution in [0.4, 0.5) is 0 Å². The summed E-state index contributed by atoms with van der Waals surface area (Å²) in [5, 5.41) is 4.30. The normalized spacial score (nSPS) is 24.5. The number of hydrazine groups is 1. The van der Waals surface area contributed by atoms with Gasteiger partial charge in [0.2, 0.25) is 0 Å². The van der Waals surface area contributed by atoms with Gasteiger partial charge >= 0.3 is 0 Å². The van der Waals surface area contributed by atoms with E-state index >= 15 is 0 Å². The summed E-state index contributed by atoms with van der Waals surface area (Å²) >= 11 is 6.54. The second-order valence-corrected chi connectivity index (χ2v) is 8.81. The molecular weight excluding hydrogens is 368 g/mol. The minimum absolute atomic E-state index is 0.0678. The highest BCUT2D eigenvalue weighted by molar-refractivity contribution is 8.16. The van der Waals surface area contributed by atoms with Crippen molar-refractivity contribution in [3.8, 4) is 0 Å². The van der Waals surface area contributed by atoms with E-state index < -0.39 is 0 Å². The molecule has 1 fully saturated rings. The van der Waals surface area contributed by atoms with E-state index in [0.717, 1.165) is 21.2 Å². The van der Waals surface area contributed by atoms with E-state index in [2.05, 4.69) is 46.2 Å². The smallest absolute Gasteiger partial charge is 0.287 e. The SMILES string of the molecule is CS1=C2C(=C(c3ccccc3Cl)NCC3N[N+](=O)CN23)c2ccccc21. The first kappa shape index (κ1) is 16.1. The molecule has 2 atom stereocenters. The van der Waals surface area contributed by atoms with Crippen molar-refractivity contribution in [2.45, 2.75) is 11.1 Å². The van der Waals surface area contributed by atoms with Crippen molar-refractivity contribution in [1.29, 1.82) is 0 Å². The average molecular weight is 386 g/mol. The molecule has 3 heterocycles. The van der Waals surface area contributed by atoms with Crippen molar-refractivity contribution in [2.24, 2.45) is 0 Å². The molecule has 2 unspecified atom stereocenters. The van der Waals surface area contributed by atoms with Crippen molar-refractivity contribution < 1.29 is 4.87 Å². The molecule has 2 aromatic rings. The fourth-order valence-electron chi connectivity index (χ4n) is 3.93. The Kier molecular flexibility index (Phi) is 3.67. The Bertz CT molecular complexity index is 1020. The van der Waals surface area contributed by atoms with E-state index in [0.29, 0.717) is 13.2 Å². The van der Waals surface area contributed by atoms with Gasteiger partial charge in [0, 0.05) is 21.1 Å². The Labute approximate surface area is 159 Å². The highest BCUT2D eigenvalue weighted by atomic mass is 35.5. The first-order valence-corrected chi connectivity index (χ1v) is 10.5. The maximum absolute atomic E-state index is 12.0. The zero-order chi connectivity index (χ0) is 17.8. The number of halogens is 1. The summed E-state index contributed by atoms with van der Waals surface area (Å²) in [4.78, 5) is 17.6. The second kappa shape index (κ2) is 5.94. The van der Waals surface area contributed by atoms with E-state index in [4.69, 9.17) is 11.6 Å². The number of nitrogens with one attached hydrogen (secondary N) is 2. The fraction of sp³-hybridized carbons (Fsp3) is 0.211. The average Bonchev–Trinajstić information content (AvgIpc) is 3.10. The third-order valence-corrected chi connectivity index (χ3v) is 7.43. The van der Waals surface area contributed by atoms with Crippen LogP contribution in [-0.2, 0) is 0 Å². The Morgan fingerprint density at radius 3 is 2.69 bits per heavy atom. The lowest BCUT2D eigenvalue weighted by molar-refractivity contribution is -0.592. The van der Waals surface area contributed by atoms with Crippen LogP contribution in [-0.4, -0.2) is 40.4 Å². The molecule has 0 radical (unpaired) electrons. The van der Waals surface area contributed by atoms with Crippen molar-refractivity contribution in [3.63, 3.8) is 0 Å². The van der Waals surface area contributed by atoms with Gasteiger partial charge in [-0.25, -0.2) is 0 Å². The first-order valence-electron chi connectivity index (χ1n) is 8.48. The Morgan fingerprint density at radius 2 is 1.88 bits per heavy atom. The van der Waals surface area contributed by atoms with Gasteiger partial charge < -0.3 is 5.32 Å². The summed E-state index contributed by atoms with van der Waals surface area (Å²) in [6, 6.07) is 16.4. The molecule has 0 amide bonds. The third kappa shape index (κ3) is 2.26. The zero-order valence-corrected chi connectivity index (χ0v) is 15.8. The molecule has 0 saturated carbocycles. The summed E-state index contributed by atoms with van der Waals surface area (Å²) in [7, 11) is -0.106. The number of nitroso groups, excluding NO2 is 1. The molecule has 132 valence electrons. The standard InChI is InChI=1S/C19H18ClN4OS/c1-26-15-9-5-3-7-13(15)17-18(12-6-2-4-8-14(12)20)21-10-16-22-24(25)11-23(16)19(17)26/h2-9,16,21H,10-11H2,1H3,(H,22,25)/q+1. The van der Waals surface area contributed by atoms with Crippen LogP contribution in [0.25, 0.3) is 11.3 Å². The summed E-state index contributed by atoms with van der Waals surface area (Å²) in [5.74, 6) is 0. The van der Waals surface area contributed by atoms with Crippen LogP contribution in [0.3, 0.4) is 0 Å². The zero-order valence-electron chi connectivity index (χ0n) is 14.2. The van der Waals surface area contributed by atoms with Crippen molar-refractivity contribution in [3.05, 3.63) is 69.6 Å². The predicted molar refractivity (Wildman–Crippen MR) is 107 cm³/mol. The van der Waals surface area contributed by atoms with Crippen LogP contribution < -0.4 is 10.7 Å². The van der Waals surface area contributed by atoms with Crippen LogP contribution in [0.15, 0.2) is 53.4 Å². The first-order chi connectivity index (χ1) is 12.6. The third-order valence-electron chi connectivity index (χ3n) is 5.07. The minimum Gasteiger partial charge on any atom is -0.380 e. The summed E-state index contributed by atoms with van der Waals surface area (Å²) in [6.07, 6.45) is 2.17. The van der Waals surface area contributed by atoms with Gasteiger partial charge in [0.05, 0.1) is 22.1 Å². The number of nitrogens with zero attached hydrogens (tertiary/aromatic N) is 2. The molecule has 5 rings (SSSR count). The molecule has 7 heteroatoms. The molecule has 1 saturated heterocycles. The molecule has 0 spiro atoms. The van der Waals surface area contributed by atoms with E-state index in [-0.39, 0.29) is 16.6 Å². The van der Waals surface area contributed by atoms with Crippen molar-refractivity contribution in [2.75, 3.05) is 19.5 Å². The Balaban J connectivity index is 1.82. The number of fused-ring (bicyclic) bond motifs is 5. The van der Waals surface area contributed by atoms with Crippen molar-refractivity contribution >= 4 is 38.3 Å². The van der Waals surface area contributed by atoms with Crippen LogP contribution >= 0.6 is 22.1 Å². The molecule has 2 N–H and O–H groups in total. The molecule has 3 aliphatic heterocycles. The topological polar surface area (TPSA) is 47.4 Å². The van der Waals surface area contributed by atoms with Gasteiger partial charge in [0.25, 0.3) is 6.67 Å². The second-order valence-electron chi connectivity index (χ2n) is 6.56. The van der Waals surface area contributed by atoms with Crippen LogP contribution in [0, 0.1) is 4.91 Å². The minimum atomic E-state index is -0.106. The molecule has 0 bridgehead atoms. The molecule has 0 aliphatic carbocycles. The summed E-state index contributed by atoms with van der Waals surface area (Å²) in [5.41, 5.74) is 7.44. The van der Waals surface area contributed by atoms with Gasteiger partial charge in [0.15, 0.2) is 6.17 Å². The fourth-order valence-corrected chi connectivity index (χ4v) is 6.21. The number of hydrogen-bond acceptors (Lipinski definition) is 3. The Morgan fingerprint density at radius 1 is 1.15 bits per heavy atom. The molecule has 3 aliphatic rings. The van der Waals surface area contributed by atoms with Crippen LogP contribution in [0.5, 0.6) is 0 Å². The Hall–Kier alpha value is -2.15. The largest absolute Gasteiger partial charge is 0.380 e. The molecule has 5 nitrogen and oxygen atoms in total. The van der Waals surface area contributed by atoms with E-state index in [1.54, 1.807) is 0 Å². The quantitative estimate of drug-likeness (QED) is 0.585. The number of benzene rings is 2. The highest BCUT2D eigenvalue weighted by Gasteiger charge is 2.45. The van der Waals surface area contributed by atoms with Gasteiger partial charge in [-0.3, -0.25) is 0 Å². The predicted octanol–water partition coefficient (Wildman–Crippen LogP) is 3.10. The number of rotatable bonds is 1. The highest BCUT2D eigenvalue weighted by Crippen LogP contribution is 2.47. The van der Waals surface area contributed by atoms with Gasteiger partial charge in [0.1, 0.15) is 4.87 Å². The van der Waals surface area contributed by atoms with Crippen LogP contribution in [0.2, 0.25) is 5.02 Å². The van der Waals surface area contributed by atoms with E-state index in [1.165, 1.54) is 21.0 Å². The lowest BCUT2D eigenvalue weighted by Crippen LogP contribution is -2.43. The lowest BCUT2D eigenvalue weighted by atomic mass is 9.99. The molecule has 0 aromatic heterocycles. The van der Waals surface area contributed by atoms with E-state index in [1.807, 2.05) is 24.3 Å². The maximum atomic E-state index is 12.0. The summed E-state index contributed by atoms with van der Waals surface area (Å²) in [6.45, 7) is 0.956. The van der Waals surface area contributed by atoms with Gasteiger partial charge in [-0.2, -0.15) is 4.90 Å². The molecule has 2 aromatic carbocycles. The molecular formula is C19H18ClN4OS+. The van der Waals surface area contributed by atoms with Gasteiger partial charge in [-0.1, -0.05) is 48.0 Å². The van der Waals surface area contributed by atoms with Gasteiger partial charge in [-0.15, -0.1) is 15.9 Å². The van der Waals surface area contributed by atoms with Gasteiger partial charge in [-0.05, 0) is 24.0 Å². The monoisotopic (exact) mass is 385 g/mol.